The lowest BCUT2D eigenvalue weighted by Crippen LogP contribution is -2.29. The van der Waals surface area contributed by atoms with Gasteiger partial charge in [-0.2, -0.15) is 0 Å². The Morgan fingerprint density at radius 2 is 2.10 bits per heavy atom. The van der Waals surface area contributed by atoms with E-state index >= 15 is 0 Å². The number of furan rings is 1. The van der Waals surface area contributed by atoms with Crippen molar-refractivity contribution in [3.05, 3.63) is 17.9 Å². The quantitative estimate of drug-likeness (QED) is 0.902. The predicted molar refractivity (Wildman–Crippen MR) is 68.5 cm³/mol. The van der Waals surface area contributed by atoms with Gasteiger partial charge in [-0.15, -0.1) is 0 Å². The Morgan fingerprint density at radius 3 is 2.65 bits per heavy atom. The highest BCUT2D eigenvalue weighted by Crippen LogP contribution is 2.44. The molecule has 1 amide bonds. The van der Waals surface area contributed by atoms with Crippen molar-refractivity contribution in [1.29, 1.82) is 0 Å². The average Bonchev–Trinajstić information content (AvgIpc) is 3.02. The normalized spacial score (nSPS) is 25.8. The Labute approximate surface area is 116 Å². The lowest BCUT2D eigenvalue weighted by Gasteiger charge is -2.14. The molecule has 6 heteroatoms. The van der Waals surface area contributed by atoms with Gasteiger partial charge >= 0.3 is 5.97 Å². The number of amides is 1. The molecule has 0 bridgehead atoms. The average molecular weight is 279 g/mol. The third kappa shape index (κ3) is 2.26. The van der Waals surface area contributed by atoms with Crippen molar-refractivity contribution in [2.75, 3.05) is 20.2 Å². The molecule has 2 heterocycles. The highest BCUT2D eigenvalue weighted by Gasteiger charge is 2.47. The van der Waals surface area contributed by atoms with Crippen molar-refractivity contribution in [2.45, 2.75) is 12.8 Å². The largest absolute Gasteiger partial charge is 0.481 e. The number of methoxy groups -OCH3 is 1. The van der Waals surface area contributed by atoms with Gasteiger partial charge in [0, 0.05) is 19.2 Å². The zero-order valence-electron chi connectivity index (χ0n) is 11.2. The van der Waals surface area contributed by atoms with Gasteiger partial charge in [0.25, 0.3) is 11.9 Å². The van der Waals surface area contributed by atoms with E-state index in [9.17, 15) is 14.7 Å². The zero-order chi connectivity index (χ0) is 14.3. The van der Waals surface area contributed by atoms with Gasteiger partial charge in [0.05, 0.1) is 13.0 Å². The lowest BCUT2D eigenvalue weighted by molar-refractivity contribution is -0.142. The number of carboxylic acid groups (broad SMARTS) is 1. The number of carbonyl (C=O) groups is 2. The van der Waals surface area contributed by atoms with Crippen molar-refractivity contribution < 1.29 is 23.8 Å². The number of rotatable bonds is 4. The number of carbonyl (C=O) groups excluding carboxylic acids is 1. The van der Waals surface area contributed by atoms with E-state index in [1.54, 1.807) is 17.0 Å². The highest BCUT2D eigenvalue weighted by molar-refractivity contribution is 5.92. The first-order valence-electron chi connectivity index (χ1n) is 6.76. The van der Waals surface area contributed by atoms with E-state index in [1.165, 1.54) is 7.11 Å². The number of carboxylic acids is 1. The lowest BCUT2D eigenvalue weighted by atomic mass is 9.92. The molecule has 20 heavy (non-hydrogen) atoms. The Morgan fingerprint density at radius 1 is 1.35 bits per heavy atom. The van der Waals surface area contributed by atoms with Gasteiger partial charge in [-0.25, -0.2) is 0 Å². The molecular weight excluding hydrogens is 262 g/mol. The second kappa shape index (κ2) is 4.85. The number of likely N-dealkylation sites (tertiary alicyclic amines) is 1. The molecule has 0 aromatic carbocycles. The minimum absolute atomic E-state index is 0.0771. The van der Waals surface area contributed by atoms with Crippen molar-refractivity contribution in [3.63, 3.8) is 0 Å². The van der Waals surface area contributed by atoms with Crippen LogP contribution in [-0.2, 0) is 4.79 Å². The Kier molecular flexibility index (Phi) is 3.16. The van der Waals surface area contributed by atoms with E-state index in [4.69, 9.17) is 9.15 Å². The molecule has 6 nitrogen and oxygen atoms in total. The molecule has 2 fully saturated rings. The molecular formula is C14H17NO5. The molecule has 2 atom stereocenters. The van der Waals surface area contributed by atoms with Crippen LogP contribution in [0.4, 0.5) is 0 Å². The molecule has 1 N–H and O–H groups in total. The van der Waals surface area contributed by atoms with Crippen molar-refractivity contribution in [1.82, 2.24) is 4.90 Å². The van der Waals surface area contributed by atoms with Crippen LogP contribution < -0.4 is 4.74 Å². The third-order valence-electron chi connectivity index (χ3n) is 4.19. The number of nitrogens with zero attached hydrogens (tertiary/aromatic N) is 1. The van der Waals surface area contributed by atoms with E-state index in [0.717, 1.165) is 12.8 Å². The van der Waals surface area contributed by atoms with E-state index in [-0.39, 0.29) is 30.1 Å². The van der Waals surface area contributed by atoms with Crippen LogP contribution in [0.3, 0.4) is 0 Å². The number of hydrogen-bond donors (Lipinski definition) is 1. The molecule has 108 valence electrons. The van der Waals surface area contributed by atoms with Crippen LogP contribution in [0.25, 0.3) is 0 Å². The van der Waals surface area contributed by atoms with Crippen molar-refractivity contribution in [3.8, 4) is 5.95 Å². The Hall–Kier alpha value is -1.98. The molecule has 1 saturated carbocycles. The summed E-state index contributed by atoms with van der Waals surface area (Å²) in [6, 6.07) is 3.14. The SMILES string of the molecule is COc1ccc(C(=O)N2C[C@H](C(=O)O)[C@@H](C3CC3)C2)o1. The summed E-state index contributed by atoms with van der Waals surface area (Å²) in [6.07, 6.45) is 2.15. The maximum atomic E-state index is 12.3. The maximum Gasteiger partial charge on any atom is 0.308 e. The molecule has 1 aromatic rings. The summed E-state index contributed by atoms with van der Waals surface area (Å²) >= 11 is 0. The zero-order valence-corrected chi connectivity index (χ0v) is 11.2. The van der Waals surface area contributed by atoms with Crippen molar-refractivity contribution >= 4 is 11.9 Å². The summed E-state index contributed by atoms with van der Waals surface area (Å²) in [5, 5.41) is 9.29. The summed E-state index contributed by atoms with van der Waals surface area (Å²) in [4.78, 5) is 25.2. The van der Waals surface area contributed by atoms with Gasteiger partial charge in [0.2, 0.25) is 0 Å². The summed E-state index contributed by atoms with van der Waals surface area (Å²) in [7, 11) is 1.46. The molecule has 1 saturated heterocycles. The summed E-state index contributed by atoms with van der Waals surface area (Å²) < 4.78 is 10.2. The second-order valence-corrected chi connectivity index (χ2v) is 5.48. The Bertz CT molecular complexity index is 533. The topological polar surface area (TPSA) is 80.0 Å². The van der Waals surface area contributed by atoms with Gasteiger partial charge in [-0.1, -0.05) is 0 Å². The van der Waals surface area contributed by atoms with Crippen molar-refractivity contribution in [2.24, 2.45) is 17.8 Å². The molecule has 1 aliphatic carbocycles. The molecule has 1 aliphatic heterocycles. The highest BCUT2D eigenvalue weighted by atomic mass is 16.6. The van der Waals surface area contributed by atoms with E-state index in [2.05, 4.69) is 0 Å². The second-order valence-electron chi connectivity index (χ2n) is 5.48. The Balaban J connectivity index is 1.74. The fourth-order valence-corrected chi connectivity index (χ4v) is 2.96. The fourth-order valence-electron chi connectivity index (χ4n) is 2.96. The smallest absolute Gasteiger partial charge is 0.308 e. The molecule has 0 unspecified atom stereocenters. The number of aliphatic carboxylic acids is 1. The fraction of sp³-hybridized carbons (Fsp3) is 0.571. The standard InChI is InChI=1S/C14H17NO5/c1-19-12-5-4-11(20-12)13(16)15-6-9(8-2-3-8)10(7-15)14(17)18/h4-5,8-10H,2-3,6-7H2,1H3,(H,17,18)/t9-,10+/m1/s1. The van der Waals surface area contributed by atoms with E-state index in [0.29, 0.717) is 12.5 Å². The minimum Gasteiger partial charge on any atom is -0.481 e. The van der Waals surface area contributed by atoms with Crippen LogP contribution in [0, 0.1) is 17.8 Å². The summed E-state index contributed by atoms with van der Waals surface area (Å²) in [6.45, 7) is 0.766. The first kappa shape index (κ1) is 13.0. The molecule has 3 rings (SSSR count). The molecule has 2 aliphatic rings. The van der Waals surface area contributed by atoms with Gasteiger partial charge in [0.15, 0.2) is 5.76 Å². The monoisotopic (exact) mass is 279 g/mol. The molecule has 0 radical (unpaired) electrons. The van der Waals surface area contributed by atoms with E-state index in [1.807, 2.05) is 0 Å². The minimum atomic E-state index is -0.811. The first-order chi connectivity index (χ1) is 9.60. The van der Waals surface area contributed by atoms with Gasteiger partial charge in [-0.05, 0) is 30.7 Å². The van der Waals surface area contributed by atoms with Crippen LogP contribution in [0.1, 0.15) is 23.4 Å². The van der Waals surface area contributed by atoms with Crippen LogP contribution in [0.5, 0.6) is 5.95 Å². The molecule has 1 aromatic heterocycles. The first-order valence-corrected chi connectivity index (χ1v) is 6.76. The number of ether oxygens (including phenoxy) is 1. The summed E-state index contributed by atoms with van der Waals surface area (Å²) in [5.74, 6) is -0.517. The van der Waals surface area contributed by atoms with Crippen LogP contribution >= 0.6 is 0 Å². The third-order valence-corrected chi connectivity index (χ3v) is 4.19. The van der Waals surface area contributed by atoms with Gasteiger partial charge < -0.3 is 19.2 Å². The van der Waals surface area contributed by atoms with Gasteiger partial charge in [-0.3, -0.25) is 9.59 Å². The number of hydrogen-bond acceptors (Lipinski definition) is 4. The molecule has 0 spiro atoms. The van der Waals surface area contributed by atoms with Crippen LogP contribution in [-0.4, -0.2) is 42.1 Å². The van der Waals surface area contributed by atoms with Gasteiger partial charge in [0.1, 0.15) is 0 Å². The maximum absolute atomic E-state index is 12.3. The summed E-state index contributed by atoms with van der Waals surface area (Å²) in [5.41, 5.74) is 0. The van der Waals surface area contributed by atoms with E-state index < -0.39 is 11.9 Å². The van der Waals surface area contributed by atoms with Crippen LogP contribution in [0.15, 0.2) is 16.5 Å². The van der Waals surface area contributed by atoms with Crippen LogP contribution in [0.2, 0.25) is 0 Å². The predicted octanol–water partition coefficient (Wildman–Crippen LogP) is 1.47.